The maximum Gasteiger partial charge on any atom is 0.277 e. The molecule has 6 heteroatoms. The monoisotopic (exact) mass is 452 g/mol. The van der Waals surface area contributed by atoms with Crippen LogP contribution in [0.25, 0.3) is 10.8 Å². The summed E-state index contributed by atoms with van der Waals surface area (Å²) in [7, 11) is 0. The number of aromatic hydroxyl groups is 1. The van der Waals surface area contributed by atoms with Crippen molar-refractivity contribution in [1.29, 1.82) is 0 Å². The van der Waals surface area contributed by atoms with Crippen LogP contribution in [0.5, 0.6) is 5.88 Å². The molecule has 0 radical (unpaired) electrons. The highest BCUT2D eigenvalue weighted by atomic mass is 16.3. The number of H-pyrrole nitrogens is 1. The third-order valence-corrected chi connectivity index (χ3v) is 6.22. The van der Waals surface area contributed by atoms with E-state index < -0.39 is 5.56 Å². The average Bonchev–Trinajstić information content (AvgIpc) is 2.86. The Kier molecular flexibility index (Phi) is 6.40. The summed E-state index contributed by atoms with van der Waals surface area (Å²) >= 11 is 0. The molecule has 3 aromatic carbocycles. The SMILES string of the molecule is O=c1[nH]c(O)c2ccc(Nc3ccccc3)cc2c1N=Cc1ccc(CN2CCCCC2)cc1. The van der Waals surface area contributed by atoms with E-state index >= 15 is 0 Å². The summed E-state index contributed by atoms with van der Waals surface area (Å²) < 4.78 is 0. The first-order valence-corrected chi connectivity index (χ1v) is 11.7. The molecule has 0 spiro atoms. The summed E-state index contributed by atoms with van der Waals surface area (Å²) in [5, 5.41) is 14.7. The van der Waals surface area contributed by atoms with E-state index in [0.717, 1.165) is 23.5 Å². The van der Waals surface area contributed by atoms with E-state index in [9.17, 15) is 9.90 Å². The van der Waals surface area contributed by atoms with Crippen LogP contribution in [-0.2, 0) is 6.54 Å². The Balaban J connectivity index is 1.40. The van der Waals surface area contributed by atoms with E-state index in [4.69, 9.17) is 0 Å². The van der Waals surface area contributed by atoms with Crippen LogP contribution in [0.4, 0.5) is 17.1 Å². The zero-order valence-electron chi connectivity index (χ0n) is 19.0. The summed E-state index contributed by atoms with van der Waals surface area (Å²) in [6.07, 6.45) is 5.59. The Morgan fingerprint density at radius 2 is 1.68 bits per heavy atom. The molecule has 34 heavy (non-hydrogen) atoms. The molecule has 0 amide bonds. The number of benzene rings is 3. The summed E-state index contributed by atoms with van der Waals surface area (Å²) in [4.78, 5) is 22.2. The molecule has 1 fully saturated rings. The van der Waals surface area contributed by atoms with Crippen molar-refractivity contribution < 1.29 is 5.11 Å². The van der Waals surface area contributed by atoms with Crippen molar-refractivity contribution in [3.8, 4) is 5.88 Å². The molecule has 0 bridgehead atoms. The van der Waals surface area contributed by atoms with Gasteiger partial charge < -0.3 is 10.4 Å². The Morgan fingerprint density at radius 1 is 0.912 bits per heavy atom. The standard InChI is InChI=1S/C28H28N4O2/c33-27-24-14-13-23(30-22-7-3-1-4-8-22)17-25(24)26(28(34)31-27)29-18-20-9-11-21(12-10-20)19-32-15-5-2-6-16-32/h1,3-4,7-14,17-18,30H,2,5-6,15-16,19H2,(H2,31,33,34). The fraction of sp³-hybridized carbons (Fsp3) is 0.214. The molecule has 1 aromatic heterocycles. The number of aliphatic imine (C=N–C) groups is 1. The third-order valence-electron chi connectivity index (χ3n) is 6.22. The predicted molar refractivity (Wildman–Crippen MR) is 139 cm³/mol. The quantitative estimate of drug-likeness (QED) is 0.327. The summed E-state index contributed by atoms with van der Waals surface area (Å²) in [5.74, 6) is -0.160. The van der Waals surface area contributed by atoms with Crippen LogP contribution in [0.15, 0.2) is 82.6 Å². The highest BCUT2D eigenvalue weighted by molar-refractivity contribution is 5.99. The van der Waals surface area contributed by atoms with Gasteiger partial charge in [-0.15, -0.1) is 0 Å². The van der Waals surface area contributed by atoms with Gasteiger partial charge in [0.2, 0.25) is 0 Å². The Labute approximate surface area is 198 Å². The molecule has 3 N–H and O–H groups in total. The maximum absolute atomic E-state index is 12.7. The zero-order chi connectivity index (χ0) is 23.3. The number of pyridine rings is 1. The van der Waals surface area contributed by atoms with Crippen molar-refractivity contribution in [1.82, 2.24) is 9.88 Å². The van der Waals surface area contributed by atoms with E-state index in [-0.39, 0.29) is 11.6 Å². The van der Waals surface area contributed by atoms with Gasteiger partial charge in [0.15, 0.2) is 5.88 Å². The van der Waals surface area contributed by atoms with Crippen molar-refractivity contribution in [2.24, 2.45) is 4.99 Å². The molecular weight excluding hydrogens is 424 g/mol. The zero-order valence-corrected chi connectivity index (χ0v) is 19.0. The molecule has 1 saturated heterocycles. The van der Waals surface area contributed by atoms with Gasteiger partial charge >= 0.3 is 0 Å². The number of para-hydroxylation sites is 1. The molecule has 6 nitrogen and oxygen atoms in total. The molecule has 1 aliphatic heterocycles. The van der Waals surface area contributed by atoms with Gasteiger partial charge in [-0.05, 0) is 67.4 Å². The molecule has 172 valence electrons. The Hall–Kier alpha value is -3.90. The number of hydrogen-bond donors (Lipinski definition) is 3. The topological polar surface area (TPSA) is 80.7 Å². The van der Waals surface area contributed by atoms with Crippen LogP contribution >= 0.6 is 0 Å². The summed E-state index contributed by atoms with van der Waals surface area (Å²) in [5.41, 5.74) is 3.78. The fourth-order valence-electron chi connectivity index (χ4n) is 4.42. The minimum atomic E-state index is -0.431. The number of piperidine rings is 1. The molecule has 0 aliphatic carbocycles. The van der Waals surface area contributed by atoms with Crippen LogP contribution in [0, 0.1) is 0 Å². The van der Waals surface area contributed by atoms with Crippen molar-refractivity contribution in [3.05, 3.63) is 94.3 Å². The first-order valence-electron chi connectivity index (χ1n) is 11.7. The lowest BCUT2D eigenvalue weighted by Gasteiger charge is -2.26. The minimum Gasteiger partial charge on any atom is -0.494 e. The predicted octanol–water partition coefficient (Wildman–Crippen LogP) is 5.71. The van der Waals surface area contributed by atoms with E-state index in [1.165, 1.54) is 37.9 Å². The first kappa shape index (κ1) is 21.9. The highest BCUT2D eigenvalue weighted by Gasteiger charge is 2.12. The lowest BCUT2D eigenvalue weighted by molar-refractivity contribution is 0.221. The van der Waals surface area contributed by atoms with Gasteiger partial charge in [0.25, 0.3) is 5.56 Å². The Bertz CT molecular complexity index is 1360. The normalized spacial score (nSPS) is 14.6. The maximum atomic E-state index is 12.7. The third kappa shape index (κ3) is 5.02. The van der Waals surface area contributed by atoms with Gasteiger partial charge in [-0.3, -0.25) is 14.7 Å². The smallest absolute Gasteiger partial charge is 0.277 e. The number of anilines is 2. The second-order valence-corrected chi connectivity index (χ2v) is 8.74. The van der Waals surface area contributed by atoms with Crippen LogP contribution in [0.3, 0.4) is 0 Å². The number of aromatic nitrogens is 1. The van der Waals surface area contributed by atoms with Gasteiger partial charge in [-0.2, -0.15) is 0 Å². The second kappa shape index (κ2) is 9.93. The molecule has 2 heterocycles. The number of fused-ring (bicyclic) bond motifs is 1. The van der Waals surface area contributed by atoms with Crippen LogP contribution in [-0.4, -0.2) is 34.3 Å². The lowest BCUT2D eigenvalue weighted by Crippen LogP contribution is -2.29. The van der Waals surface area contributed by atoms with E-state index in [2.05, 4.69) is 32.3 Å². The van der Waals surface area contributed by atoms with E-state index in [0.29, 0.717) is 10.8 Å². The van der Waals surface area contributed by atoms with Gasteiger partial charge in [-0.1, -0.05) is 48.9 Å². The van der Waals surface area contributed by atoms with Crippen molar-refractivity contribution >= 4 is 34.0 Å². The first-order chi connectivity index (χ1) is 16.7. The van der Waals surface area contributed by atoms with Crippen LogP contribution < -0.4 is 10.9 Å². The number of aromatic amines is 1. The molecule has 0 atom stereocenters. The van der Waals surface area contributed by atoms with Crippen molar-refractivity contribution in [2.75, 3.05) is 18.4 Å². The molecular formula is C28H28N4O2. The van der Waals surface area contributed by atoms with Gasteiger partial charge in [0, 0.05) is 34.9 Å². The fourth-order valence-corrected chi connectivity index (χ4v) is 4.42. The van der Waals surface area contributed by atoms with Crippen LogP contribution in [0.1, 0.15) is 30.4 Å². The molecule has 0 saturated carbocycles. The molecule has 5 rings (SSSR count). The average molecular weight is 453 g/mol. The molecule has 0 unspecified atom stereocenters. The highest BCUT2D eigenvalue weighted by Crippen LogP contribution is 2.31. The van der Waals surface area contributed by atoms with Crippen molar-refractivity contribution in [2.45, 2.75) is 25.8 Å². The van der Waals surface area contributed by atoms with E-state index in [1.54, 1.807) is 12.3 Å². The van der Waals surface area contributed by atoms with Crippen molar-refractivity contribution in [3.63, 3.8) is 0 Å². The number of likely N-dealkylation sites (tertiary alicyclic amines) is 1. The lowest BCUT2D eigenvalue weighted by atomic mass is 10.1. The largest absolute Gasteiger partial charge is 0.494 e. The van der Waals surface area contributed by atoms with Crippen LogP contribution in [0.2, 0.25) is 0 Å². The summed E-state index contributed by atoms with van der Waals surface area (Å²) in [6, 6.07) is 23.6. The van der Waals surface area contributed by atoms with E-state index in [1.807, 2.05) is 54.6 Å². The molecule has 4 aromatic rings. The van der Waals surface area contributed by atoms with Gasteiger partial charge in [-0.25, -0.2) is 4.99 Å². The molecule has 1 aliphatic rings. The number of rotatable bonds is 6. The number of nitrogens with zero attached hydrogens (tertiary/aromatic N) is 2. The summed E-state index contributed by atoms with van der Waals surface area (Å²) in [6.45, 7) is 3.30. The Morgan fingerprint density at radius 3 is 2.44 bits per heavy atom. The number of nitrogens with one attached hydrogen (secondary N) is 2. The van der Waals surface area contributed by atoms with Gasteiger partial charge in [0.1, 0.15) is 5.69 Å². The van der Waals surface area contributed by atoms with Gasteiger partial charge in [0.05, 0.1) is 0 Å². The second-order valence-electron chi connectivity index (χ2n) is 8.74. The minimum absolute atomic E-state index is 0.160. The number of hydrogen-bond acceptors (Lipinski definition) is 5.